The van der Waals surface area contributed by atoms with Crippen LogP contribution in [0.25, 0.3) is 0 Å². The van der Waals surface area contributed by atoms with Gasteiger partial charge in [0.15, 0.2) is 11.5 Å². The fourth-order valence-electron chi connectivity index (χ4n) is 2.63. The summed E-state index contributed by atoms with van der Waals surface area (Å²) in [5.74, 6) is -0.491. The SMILES string of the molecule is COc1ccc(C(c2cc(C)c(C)c(OC)c2)C(F)F)cc1O. The van der Waals surface area contributed by atoms with Crippen LogP contribution >= 0.6 is 0 Å². The molecule has 1 unspecified atom stereocenters. The number of benzene rings is 2. The predicted octanol–water partition coefficient (Wildman–Crippen LogP) is 4.42. The van der Waals surface area contributed by atoms with Crippen LogP contribution in [0.4, 0.5) is 8.78 Å². The standard InChI is InChI=1S/C18H20F2O3/c1-10-7-13(9-16(23-4)11(10)2)17(18(19)20)12-5-6-15(22-3)14(21)8-12/h5-9,17-18,21H,1-4H3. The van der Waals surface area contributed by atoms with Crippen molar-refractivity contribution in [3.05, 3.63) is 52.6 Å². The Labute approximate surface area is 134 Å². The first-order chi connectivity index (χ1) is 10.9. The second kappa shape index (κ2) is 6.86. The summed E-state index contributed by atoms with van der Waals surface area (Å²) in [7, 11) is 2.93. The number of ether oxygens (including phenoxy) is 2. The molecule has 124 valence electrons. The molecule has 0 amide bonds. The lowest BCUT2D eigenvalue weighted by molar-refractivity contribution is 0.128. The van der Waals surface area contributed by atoms with E-state index in [9.17, 15) is 13.9 Å². The Balaban J connectivity index is 2.55. The summed E-state index contributed by atoms with van der Waals surface area (Å²) in [6.45, 7) is 3.74. The van der Waals surface area contributed by atoms with E-state index in [2.05, 4.69) is 0 Å². The van der Waals surface area contributed by atoms with Crippen molar-refractivity contribution in [1.29, 1.82) is 0 Å². The maximum Gasteiger partial charge on any atom is 0.249 e. The summed E-state index contributed by atoms with van der Waals surface area (Å²) in [5.41, 5.74) is 2.57. The zero-order valence-corrected chi connectivity index (χ0v) is 13.6. The molecule has 2 rings (SSSR count). The molecule has 0 bridgehead atoms. The molecule has 1 atom stereocenters. The Hall–Kier alpha value is -2.30. The molecule has 0 fully saturated rings. The van der Waals surface area contributed by atoms with Crippen LogP contribution in [0.3, 0.4) is 0 Å². The molecule has 0 aromatic heterocycles. The Morgan fingerprint density at radius 3 is 2.09 bits per heavy atom. The second-order valence-corrected chi connectivity index (χ2v) is 5.41. The fraction of sp³-hybridized carbons (Fsp3) is 0.333. The molecule has 0 heterocycles. The van der Waals surface area contributed by atoms with Gasteiger partial charge in [0, 0.05) is 0 Å². The van der Waals surface area contributed by atoms with Gasteiger partial charge in [0.2, 0.25) is 6.43 Å². The van der Waals surface area contributed by atoms with Gasteiger partial charge in [0.25, 0.3) is 0 Å². The molecule has 0 aliphatic rings. The Kier molecular flexibility index (Phi) is 5.08. The maximum absolute atomic E-state index is 13.7. The van der Waals surface area contributed by atoms with E-state index in [4.69, 9.17) is 9.47 Å². The minimum atomic E-state index is -2.62. The number of aromatic hydroxyl groups is 1. The fourth-order valence-corrected chi connectivity index (χ4v) is 2.63. The van der Waals surface area contributed by atoms with Gasteiger partial charge in [-0.05, 0) is 54.3 Å². The van der Waals surface area contributed by atoms with Crippen molar-refractivity contribution in [3.8, 4) is 17.2 Å². The summed E-state index contributed by atoms with van der Waals surface area (Å²) >= 11 is 0. The molecule has 0 saturated heterocycles. The molecule has 0 spiro atoms. The van der Waals surface area contributed by atoms with Crippen molar-refractivity contribution in [2.45, 2.75) is 26.2 Å². The third-order valence-electron chi connectivity index (χ3n) is 4.04. The van der Waals surface area contributed by atoms with Crippen LogP contribution in [0.5, 0.6) is 17.2 Å². The van der Waals surface area contributed by atoms with Crippen LogP contribution in [-0.2, 0) is 0 Å². The number of phenols is 1. The van der Waals surface area contributed by atoms with Crippen LogP contribution < -0.4 is 9.47 Å². The van der Waals surface area contributed by atoms with Crippen LogP contribution in [0.2, 0.25) is 0 Å². The van der Waals surface area contributed by atoms with Gasteiger partial charge in [-0.1, -0.05) is 12.1 Å². The highest BCUT2D eigenvalue weighted by Crippen LogP contribution is 2.38. The number of methoxy groups -OCH3 is 2. The van der Waals surface area contributed by atoms with E-state index >= 15 is 0 Å². The van der Waals surface area contributed by atoms with E-state index in [0.29, 0.717) is 16.9 Å². The summed E-state index contributed by atoms with van der Waals surface area (Å²) < 4.78 is 37.6. The number of hydrogen-bond donors (Lipinski definition) is 1. The first-order valence-electron chi connectivity index (χ1n) is 7.19. The monoisotopic (exact) mass is 322 g/mol. The van der Waals surface area contributed by atoms with Gasteiger partial charge < -0.3 is 14.6 Å². The molecular weight excluding hydrogens is 302 g/mol. The molecular formula is C18H20F2O3. The van der Waals surface area contributed by atoms with Gasteiger partial charge in [-0.25, -0.2) is 8.78 Å². The van der Waals surface area contributed by atoms with Gasteiger partial charge >= 0.3 is 0 Å². The lowest BCUT2D eigenvalue weighted by atomic mass is 9.89. The molecule has 0 aliphatic carbocycles. The number of hydrogen-bond acceptors (Lipinski definition) is 3. The molecule has 2 aromatic carbocycles. The zero-order chi connectivity index (χ0) is 17.1. The quantitative estimate of drug-likeness (QED) is 0.885. The summed E-state index contributed by atoms with van der Waals surface area (Å²) in [6.07, 6.45) is -2.62. The maximum atomic E-state index is 13.7. The third kappa shape index (κ3) is 3.38. The van der Waals surface area contributed by atoms with Crippen LogP contribution in [0.1, 0.15) is 28.2 Å². The molecule has 2 aromatic rings. The Morgan fingerprint density at radius 1 is 0.913 bits per heavy atom. The van der Waals surface area contributed by atoms with Gasteiger partial charge in [-0.2, -0.15) is 0 Å². The van der Waals surface area contributed by atoms with Gasteiger partial charge in [-0.3, -0.25) is 0 Å². The Bertz CT molecular complexity index is 699. The number of phenolic OH excluding ortho intramolecular Hbond substituents is 1. The van der Waals surface area contributed by atoms with Crippen LogP contribution in [0, 0.1) is 13.8 Å². The van der Waals surface area contributed by atoms with E-state index < -0.39 is 12.3 Å². The van der Waals surface area contributed by atoms with E-state index in [-0.39, 0.29) is 11.5 Å². The average Bonchev–Trinajstić information content (AvgIpc) is 2.50. The Morgan fingerprint density at radius 2 is 1.57 bits per heavy atom. The lowest BCUT2D eigenvalue weighted by Crippen LogP contribution is -2.12. The number of alkyl halides is 2. The molecule has 5 heteroatoms. The molecule has 0 saturated carbocycles. The molecule has 0 radical (unpaired) electrons. The second-order valence-electron chi connectivity index (χ2n) is 5.41. The van der Waals surface area contributed by atoms with Crippen molar-refractivity contribution in [2.75, 3.05) is 14.2 Å². The van der Waals surface area contributed by atoms with Gasteiger partial charge in [-0.15, -0.1) is 0 Å². The first kappa shape index (κ1) is 17.1. The smallest absolute Gasteiger partial charge is 0.249 e. The number of halogens is 2. The zero-order valence-electron chi connectivity index (χ0n) is 13.6. The summed E-state index contributed by atoms with van der Waals surface area (Å²) in [6, 6.07) is 7.70. The molecule has 0 aliphatic heterocycles. The van der Waals surface area contributed by atoms with E-state index in [1.165, 1.54) is 32.4 Å². The van der Waals surface area contributed by atoms with Crippen molar-refractivity contribution in [3.63, 3.8) is 0 Å². The van der Waals surface area contributed by atoms with Crippen LogP contribution in [0.15, 0.2) is 30.3 Å². The number of rotatable bonds is 5. The summed E-state index contributed by atoms with van der Waals surface area (Å²) in [5, 5.41) is 9.87. The minimum Gasteiger partial charge on any atom is -0.504 e. The van der Waals surface area contributed by atoms with Crippen molar-refractivity contribution < 1.29 is 23.4 Å². The van der Waals surface area contributed by atoms with Crippen molar-refractivity contribution >= 4 is 0 Å². The van der Waals surface area contributed by atoms with Crippen molar-refractivity contribution in [2.24, 2.45) is 0 Å². The largest absolute Gasteiger partial charge is 0.504 e. The van der Waals surface area contributed by atoms with Gasteiger partial charge in [0.05, 0.1) is 20.1 Å². The highest BCUT2D eigenvalue weighted by Gasteiger charge is 2.26. The molecule has 23 heavy (non-hydrogen) atoms. The van der Waals surface area contributed by atoms with Crippen LogP contribution in [-0.4, -0.2) is 25.8 Å². The van der Waals surface area contributed by atoms with E-state index in [1.807, 2.05) is 13.8 Å². The lowest BCUT2D eigenvalue weighted by Gasteiger charge is -2.20. The van der Waals surface area contributed by atoms with Gasteiger partial charge in [0.1, 0.15) is 5.75 Å². The highest BCUT2D eigenvalue weighted by molar-refractivity contribution is 5.49. The number of aryl methyl sites for hydroxylation is 1. The van der Waals surface area contributed by atoms with E-state index in [0.717, 1.165) is 11.1 Å². The average molecular weight is 322 g/mol. The highest BCUT2D eigenvalue weighted by atomic mass is 19.3. The molecule has 3 nitrogen and oxygen atoms in total. The first-order valence-corrected chi connectivity index (χ1v) is 7.19. The minimum absolute atomic E-state index is 0.161. The van der Waals surface area contributed by atoms with Crippen molar-refractivity contribution in [1.82, 2.24) is 0 Å². The normalized spacial score (nSPS) is 12.3. The molecule has 1 N–H and O–H groups in total. The topological polar surface area (TPSA) is 38.7 Å². The summed E-state index contributed by atoms with van der Waals surface area (Å²) in [4.78, 5) is 0. The third-order valence-corrected chi connectivity index (χ3v) is 4.04. The predicted molar refractivity (Wildman–Crippen MR) is 85.0 cm³/mol. The van der Waals surface area contributed by atoms with E-state index in [1.54, 1.807) is 12.1 Å².